The normalized spacial score (nSPS) is 31.6. The van der Waals surface area contributed by atoms with Crippen LogP contribution in [0.2, 0.25) is 0 Å². The highest BCUT2D eigenvalue weighted by atomic mass is 32.2. The first-order valence-electron chi connectivity index (χ1n) is 2.41. The Morgan fingerprint density at radius 1 is 1.86 bits per heavy atom. The molecule has 1 atom stereocenters. The van der Waals surface area contributed by atoms with E-state index >= 15 is 0 Å². The van der Waals surface area contributed by atoms with Crippen molar-refractivity contribution in [1.82, 2.24) is 0 Å². The fourth-order valence-electron chi connectivity index (χ4n) is 0.571. The second-order valence-corrected chi connectivity index (χ2v) is 2.91. The van der Waals surface area contributed by atoms with Gasteiger partial charge in [0, 0.05) is 11.7 Å². The molecule has 1 nitrogen and oxygen atoms in total. The molecule has 0 spiro atoms. The van der Waals surface area contributed by atoms with Gasteiger partial charge < -0.3 is 0 Å². The van der Waals surface area contributed by atoms with Crippen LogP contribution in [-0.4, -0.2) is 17.3 Å². The Hall–Kier alpha value is 0.0200. The average Bonchev–Trinajstić information content (AvgIpc) is 1.91. The van der Waals surface area contributed by atoms with Crippen LogP contribution >= 0.6 is 11.8 Å². The van der Waals surface area contributed by atoms with E-state index in [0.717, 1.165) is 11.5 Å². The minimum absolute atomic E-state index is 0.338. The number of hydrogen-bond acceptors (Lipinski definition) is 2. The first-order valence-corrected chi connectivity index (χ1v) is 3.56. The van der Waals surface area contributed by atoms with Crippen molar-refractivity contribution < 1.29 is 4.79 Å². The molecule has 40 valence electrons. The maximum absolute atomic E-state index is 10.6. The SMILES string of the molecule is C[C@@H]1CSCC1=O. The molecule has 7 heavy (non-hydrogen) atoms. The highest BCUT2D eigenvalue weighted by Crippen LogP contribution is 2.18. The summed E-state index contributed by atoms with van der Waals surface area (Å²) < 4.78 is 0. The summed E-state index contributed by atoms with van der Waals surface area (Å²) in [5.74, 6) is 2.55. The summed E-state index contributed by atoms with van der Waals surface area (Å²) in [6.45, 7) is 1.99. The van der Waals surface area contributed by atoms with Crippen molar-refractivity contribution in [3.63, 3.8) is 0 Å². The maximum Gasteiger partial charge on any atom is 0.146 e. The molecule has 1 fully saturated rings. The van der Waals surface area contributed by atoms with Crippen molar-refractivity contribution in [2.75, 3.05) is 11.5 Å². The standard InChI is InChI=1S/C5H8OS/c1-4-2-7-3-5(4)6/h4H,2-3H2,1H3/t4-/m1/s1. The van der Waals surface area contributed by atoms with Gasteiger partial charge in [-0.15, -0.1) is 0 Å². The Morgan fingerprint density at radius 3 is 2.71 bits per heavy atom. The van der Waals surface area contributed by atoms with Gasteiger partial charge in [-0.1, -0.05) is 6.92 Å². The molecule has 1 rings (SSSR count). The minimum Gasteiger partial charge on any atom is -0.298 e. The molecule has 1 heterocycles. The number of hydrogen-bond donors (Lipinski definition) is 0. The molecule has 0 N–H and O–H groups in total. The monoisotopic (exact) mass is 116 g/mol. The lowest BCUT2D eigenvalue weighted by Gasteiger charge is -1.89. The molecule has 0 unspecified atom stereocenters. The van der Waals surface area contributed by atoms with E-state index in [2.05, 4.69) is 0 Å². The molecule has 0 amide bonds. The Morgan fingerprint density at radius 2 is 2.57 bits per heavy atom. The van der Waals surface area contributed by atoms with E-state index in [4.69, 9.17) is 0 Å². The van der Waals surface area contributed by atoms with Crippen LogP contribution in [-0.2, 0) is 4.79 Å². The minimum atomic E-state index is 0.338. The highest BCUT2D eigenvalue weighted by molar-refractivity contribution is 8.00. The van der Waals surface area contributed by atoms with Crippen molar-refractivity contribution in [1.29, 1.82) is 0 Å². The molecular formula is C5H8OS. The number of ketones is 1. The largest absolute Gasteiger partial charge is 0.298 e. The quantitative estimate of drug-likeness (QED) is 0.468. The predicted octanol–water partition coefficient (Wildman–Crippen LogP) is 0.938. The third-order valence-electron chi connectivity index (χ3n) is 1.16. The third kappa shape index (κ3) is 0.969. The van der Waals surface area contributed by atoms with Crippen molar-refractivity contribution >= 4 is 17.5 Å². The van der Waals surface area contributed by atoms with E-state index in [-0.39, 0.29) is 0 Å². The predicted molar refractivity (Wildman–Crippen MR) is 31.5 cm³/mol. The molecule has 0 bridgehead atoms. The Balaban J connectivity index is 2.48. The van der Waals surface area contributed by atoms with Gasteiger partial charge in [-0.25, -0.2) is 0 Å². The number of thioether (sulfide) groups is 1. The topological polar surface area (TPSA) is 17.1 Å². The van der Waals surface area contributed by atoms with Gasteiger partial charge in [0.05, 0.1) is 5.75 Å². The fraction of sp³-hybridized carbons (Fsp3) is 0.800. The van der Waals surface area contributed by atoms with E-state index in [1.165, 1.54) is 0 Å². The Kier molecular flexibility index (Phi) is 1.38. The second-order valence-electron chi connectivity index (χ2n) is 1.88. The number of Topliss-reactive ketones (excluding diaryl/α,β-unsaturated/α-hetero) is 1. The summed E-state index contributed by atoms with van der Waals surface area (Å²) in [6, 6.07) is 0. The van der Waals surface area contributed by atoms with Gasteiger partial charge >= 0.3 is 0 Å². The molecule has 0 aromatic carbocycles. The summed E-state index contributed by atoms with van der Waals surface area (Å²) in [5, 5.41) is 0. The summed E-state index contributed by atoms with van der Waals surface area (Å²) in [7, 11) is 0. The van der Waals surface area contributed by atoms with E-state index in [9.17, 15) is 4.79 Å². The third-order valence-corrected chi connectivity index (χ3v) is 2.39. The van der Waals surface area contributed by atoms with Crippen LogP contribution in [0.3, 0.4) is 0 Å². The molecule has 0 aromatic heterocycles. The van der Waals surface area contributed by atoms with E-state index in [1.807, 2.05) is 6.92 Å². The van der Waals surface area contributed by atoms with Crippen LogP contribution in [0.4, 0.5) is 0 Å². The summed E-state index contributed by atoms with van der Waals surface area (Å²) in [4.78, 5) is 10.6. The molecule has 1 aliphatic rings. The summed E-state index contributed by atoms with van der Waals surface area (Å²) in [6.07, 6.45) is 0. The zero-order chi connectivity index (χ0) is 5.28. The van der Waals surface area contributed by atoms with E-state index < -0.39 is 0 Å². The molecular weight excluding hydrogens is 108 g/mol. The van der Waals surface area contributed by atoms with Crippen molar-refractivity contribution in [3.8, 4) is 0 Å². The second kappa shape index (κ2) is 1.86. The van der Waals surface area contributed by atoms with E-state index in [0.29, 0.717) is 11.7 Å². The molecule has 2 heteroatoms. The molecule has 0 saturated carbocycles. The average molecular weight is 116 g/mol. The van der Waals surface area contributed by atoms with Gasteiger partial charge in [0.2, 0.25) is 0 Å². The lowest BCUT2D eigenvalue weighted by atomic mass is 10.1. The van der Waals surface area contributed by atoms with Crippen molar-refractivity contribution in [3.05, 3.63) is 0 Å². The van der Waals surface area contributed by atoms with Crippen LogP contribution in [0.1, 0.15) is 6.92 Å². The lowest BCUT2D eigenvalue weighted by molar-refractivity contribution is -0.118. The van der Waals surface area contributed by atoms with Crippen LogP contribution in [0.25, 0.3) is 0 Å². The summed E-state index contributed by atoms with van der Waals surface area (Å²) in [5.41, 5.74) is 0. The van der Waals surface area contributed by atoms with E-state index in [1.54, 1.807) is 11.8 Å². The van der Waals surface area contributed by atoms with Crippen LogP contribution < -0.4 is 0 Å². The Labute approximate surface area is 47.5 Å². The first kappa shape index (κ1) is 5.16. The van der Waals surface area contributed by atoms with Crippen molar-refractivity contribution in [2.24, 2.45) is 5.92 Å². The molecule has 1 saturated heterocycles. The molecule has 1 aliphatic heterocycles. The lowest BCUT2D eigenvalue weighted by Crippen LogP contribution is -2.04. The van der Waals surface area contributed by atoms with Gasteiger partial charge in [0.25, 0.3) is 0 Å². The summed E-state index contributed by atoms with van der Waals surface area (Å²) >= 11 is 1.74. The maximum atomic E-state index is 10.6. The van der Waals surface area contributed by atoms with Gasteiger partial charge in [0.1, 0.15) is 5.78 Å². The highest BCUT2D eigenvalue weighted by Gasteiger charge is 2.18. The fourth-order valence-corrected chi connectivity index (χ4v) is 1.71. The molecule has 0 aliphatic carbocycles. The Bertz CT molecular complexity index is 90.1. The molecule has 0 radical (unpaired) electrons. The zero-order valence-corrected chi connectivity index (χ0v) is 5.12. The van der Waals surface area contributed by atoms with Gasteiger partial charge in [0.15, 0.2) is 0 Å². The van der Waals surface area contributed by atoms with Crippen LogP contribution in [0.15, 0.2) is 0 Å². The van der Waals surface area contributed by atoms with Gasteiger partial charge in [-0.2, -0.15) is 11.8 Å². The number of carbonyl (C=O) groups excluding carboxylic acids is 1. The first-order chi connectivity index (χ1) is 3.30. The van der Waals surface area contributed by atoms with Crippen LogP contribution in [0.5, 0.6) is 0 Å². The molecule has 0 aromatic rings. The number of carbonyl (C=O) groups is 1. The zero-order valence-electron chi connectivity index (χ0n) is 4.31. The van der Waals surface area contributed by atoms with Crippen LogP contribution in [0, 0.1) is 5.92 Å². The smallest absolute Gasteiger partial charge is 0.146 e. The number of rotatable bonds is 0. The van der Waals surface area contributed by atoms with Crippen molar-refractivity contribution in [2.45, 2.75) is 6.92 Å². The van der Waals surface area contributed by atoms with Gasteiger partial charge in [-0.05, 0) is 0 Å². The van der Waals surface area contributed by atoms with Gasteiger partial charge in [-0.3, -0.25) is 4.79 Å².